The predicted octanol–water partition coefficient (Wildman–Crippen LogP) is 2.78. The summed E-state index contributed by atoms with van der Waals surface area (Å²) in [5.74, 6) is 0.645. The Kier molecular flexibility index (Phi) is 4.12. The van der Waals surface area contributed by atoms with Crippen molar-refractivity contribution in [2.24, 2.45) is 0 Å². The van der Waals surface area contributed by atoms with E-state index in [1.54, 1.807) is 0 Å². The molecule has 0 saturated heterocycles. The third-order valence-electron chi connectivity index (χ3n) is 2.67. The summed E-state index contributed by atoms with van der Waals surface area (Å²) in [6.07, 6.45) is 1.41. The molecule has 4 nitrogen and oxygen atoms in total. The zero-order valence-corrected chi connectivity index (χ0v) is 10.8. The molecule has 0 aliphatic carbocycles. The maximum absolute atomic E-state index is 9.40. The van der Waals surface area contributed by atoms with Crippen LogP contribution in [0.15, 0.2) is 36.7 Å². The van der Waals surface area contributed by atoms with Crippen molar-refractivity contribution in [3.8, 4) is 0 Å². The van der Waals surface area contributed by atoms with Gasteiger partial charge in [-0.1, -0.05) is 29.8 Å². The van der Waals surface area contributed by atoms with Crippen LogP contribution in [0.3, 0.4) is 0 Å². The lowest BCUT2D eigenvalue weighted by Gasteiger charge is -2.24. The van der Waals surface area contributed by atoms with Crippen molar-refractivity contribution in [2.75, 3.05) is 11.4 Å². The fourth-order valence-corrected chi connectivity index (χ4v) is 2.00. The molecule has 0 saturated carbocycles. The number of nitrogens with zero attached hydrogens (tertiary/aromatic N) is 3. The third-order valence-corrected chi connectivity index (χ3v) is 2.99. The SMILES string of the molecule is CCN(c1ccccc1)c1ncnc(Cl)c1CO. The van der Waals surface area contributed by atoms with Crippen molar-refractivity contribution in [2.45, 2.75) is 13.5 Å². The van der Waals surface area contributed by atoms with Crippen molar-refractivity contribution in [3.05, 3.63) is 47.4 Å². The second-order valence-corrected chi connectivity index (χ2v) is 4.06. The van der Waals surface area contributed by atoms with Gasteiger partial charge in [-0.15, -0.1) is 0 Å². The molecule has 0 amide bonds. The second-order valence-electron chi connectivity index (χ2n) is 3.70. The largest absolute Gasteiger partial charge is 0.391 e. The summed E-state index contributed by atoms with van der Waals surface area (Å²) < 4.78 is 0. The second kappa shape index (κ2) is 5.80. The van der Waals surface area contributed by atoms with Crippen molar-refractivity contribution >= 4 is 23.1 Å². The Hall–Kier alpha value is -1.65. The van der Waals surface area contributed by atoms with Crippen LogP contribution in [-0.4, -0.2) is 21.6 Å². The van der Waals surface area contributed by atoms with Gasteiger partial charge in [-0.2, -0.15) is 0 Å². The predicted molar refractivity (Wildman–Crippen MR) is 72.1 cm³/mol. The molecule has 0 bridgehead atoms. The fourth-order valence-electron chi connectivity index (χ4n) is 1.81. The molecule has 2 rings (SSSR count). The molecule has 0 aliphatic rings. The summed E-state index contributed by atoms with van der Waals surface area (Å²) in [4.78, 5) is 10.1. The Morgan fingerprint density at radius 3 is 2.56 bits per heavy atom. The average Bonchev–Trinajstić information content (AvgIpc) is 2.41. The Morgan fingerprint density at radius 2 is 1.94 bits per heavy atom. The van der Waals surface area contributed by atoms with Crippen molar-refractivity contribution in [1.29, 1.82) is 0 Å². The van der Waals surface area contributed by atoms with Crippen LogP contribution < -0.4 is 4.90 Å². The highest BCUT2D eigenvalue weighted by molar-refractivity contribution is 6.30. The quantitative estimate of drug-likeness (QED) is 0.862. The van der Waals surface area contributed by atoms with Crippen LogP contribution in [-0.2, 0) is 6.61 Å². The Morgan fingerprint density at radius 1 is 1.22 bits per heavy atom. The number of halogens is 1. The lowest BCUT2D eigenvalue weighted by molar-refractivity contribution is 0.281. The molecule has 1 aromatic heterocycles. The van der Waals surface area contributed by atoms with Crippen LogP contribution in [0.4, 0.5) is 11.5 Å². The van der Waals surface area contributed by atoms with E-state index in [4.69, 9.17) is 11.6 Å². The summed E-state index contributed by atoms with van der Waals surface area (Å²) in [5, 5.41) is 9.69. The molecule has 1 N–H and O–H groups in total. The first-order chi connectivity index (χ1) is 8.77. The van der Waals surface area contributed by atoms with Gasteiger partial charge < -0.3 is 10.0 Å². The summed E-state index contributed by atoms with van der Waals surface area (Å²) in [5.41, 5.74) is 1.55. The lowest BCUT2D eigenvalue weighted by Crippen LogP contribution is -2.19. The summed E-state index contributed by atoms with van der Waals surface area (Å²) in [6.45, 7) is 2.56. The molecule has 5 heteroatoms. The molecule has 0 aliphatic heterocycles. The van der Waals surface area contributed by atoms with E-state index < -0.39 is 0 Å². The van der Waals surface area contributed by atoms with E-state index in [-0.39, 0.29) is 11.8 Å². The van der Waals surface area contributed by atoms with Crippen LogP contribution in [0.1, 0.15) is 12.5 Å². The topological polar surface area (TPSA) is 49.2 Å². The van der Waals surface area contributed by atoms with Crippen LogP contribution in [0.5, 0.6) is 0 Å². The van der Waals surface area contributed by atoms with E-state index in [2.05, 4.69) is 9.97 Å². The van der Waals surface area contributed by atoms with Crippen molar-refractivity contribution < 1.29 is 5.11 Å². The van der Waals surface area contributed by atoms with Gasteiger partial charge in [0, 0.05) is 12.2 Å². The molecule has 18 heavy (non-hydrogen) atoms. The van der Waals surface area contributed by atoms with E-state index >= 15 is 0 Å². The minimum atomic E-state index is -0.182. The minimum absolute atomic E-state index is 0.182. The van der Waals surface area contributed by atoms with Gasteiger partial charge in [0.25, 0.3) is 0 Å². The first-order valence-corrected chi connectivity index (χ1v) is 6.08. The number of hydrogen-bond donors (Lipinski definition) is 1. The van der Waals surface area contributed by atoms with Crippen molar-refractivity contribution in [1.82, 2.24) is 9.97 Å². The van der Waals surface area contributed by atoms with Gasteiger partial charge in [0.2, 0.25) is 0 Å². The number of para-hydroxylation sites is 1. The van der Waals surface area contributed by atoms with E-state index in [0.29, 0.717) is 11.4 Å². The van der Waals surface area contributed by atoms with E-state index in [0.717, 1.165) is 12.2 Å². The summed E-state index contributed by atoms with van der Waals surface area (Å²) in [6, 6.07) is 9.84. The summed E-state index contributed by atoms with van der Waals surface area (Å²) >= 11 is 5.98. The van der Waals surface area contributed by atoms with E-state index in [1.807, 2.05) is 42.2 Å². The molecular formula is C13H14ClN3O. The summed E-state index contributed by atoms with van der Waals surface area (Å²) in [7, 11) is 0. The standard InChI is InChI=1S/C13H14ClN3O/c1-2-17(10-6-4-3-5-7-10)13-11(8-18)12(14)15-9-16-13/h3-7,9,18H,2,8H2,1H3. The molecule has 94 valence electrons. The molecule has 0 atom stereocenters. The number of benzene rings is 1. The van der Waals surface area contributed by atoms with Crippen LogP contribution in [0.25, 0.3) is 0 Å². The van der Waals surface area contributed by atoms with Gasteiger partial charge in [-0.05, 0) is 19.1 Å². The first kappa shape index (κ1) is 12.8. The van der Waals surface area contributed by atoms with Gasteiger partial charge in [0.1, 0.15) is 17.3 Å². The van der Waals surface area contributed by atoms with Gasteiger partial charge in [-0.25, -0.2) is 9.97 Å². The molecule has 0 spiro atoms. The number of rotatable bonds is 4. The van der Waals surface area contributed by atoms with Gasteiger partial charge in [-0.3, -0.25) is 0 Å². The Bertz CT molecular complexity index is 519. The molecule has 0 unspecified atom stereocenters. The fraction of sp³-hybridized carbons (Fsp3) is 0.231. The smallest absolute Gasteiger partial charge is 0.143 e. The zero-order valence-electron chi connectivity index (χ0n) is 10.0. The van der Waals surface area contributed by atoms with Crippen LogP contribution in [0.2, 0.25) is 5.15 Å². The molecule has 0 radical (unpaired) electrons. The number of aliphatic hydroxyl groups excluding tert-OH is 1. The van der Waals surface area contributed by atoms with Gasteiger partial charge in [0.05, 0.1) is 12.2 Å². The molecule has 0 fully saturated rings. The minimum Gasteiger partial charge on any atom is -0.391 e. The number of aromatic nitrogens is 2. The molecular weight excluding hydrogens is 250 g/mol. The number of hydrogen-bond acceptors (Lipinski definition) is 4. The van der Waals surface area contributed by atoms with E-state index in [9.17, 15) is 5.11 Å². The van der Waals surface area contributed by atoms with Crippen molar-refractivity contribution in [3.63, 3.8) is 0 Å². The van der Waals surface area contributed by atoms with Crippen LogP contribution >= 0.6 is 11.6 Å². The normalized spacial score (nSPS) is 10.4. The molecule has 1 heterocycles. The maximum Gasteiger partial charge on any atom is 0.143 e. The maximum atomic E-state index is 9.40. The highest BCUT2D eigenvalue weighted by atomic mass is 35.5. The van der Waals surface area contributed by atoms with Gasteiger partial charge >= 0.3 is 0 Å². The van der Waals surface area contributed by atoms with Gasteiger partial charge in [0.15, 0.2) is 0 Å². The lowest BCUT2D eigenvalue weighted by atomic mass is 10.2. The first-order valence-electron chi connectivity index (χ1n) is 5.70. The number of aliphatic hydroxyl groups is 1. The zero-order chi connectivity index (χ0) is 13.0. The molecule has 1 aromatic carbocycles. The Balaban J connectivity index is 2.49. The van der Waals surface area contributed by atoms with E-state index in [1.165, 1.54) is 6.33 Å². The Labute approximate surface area is 111 Å². The van der Waals surface area contributed by atoms with Crippen LogP contribution in [0, 0.1) is 0 Å². The highest BCUT2D eigenvalue weighted by Crippen LogP contribution is 2.29. The average molecular weight is 264 g/mol. The third kappa shape index (κ3) is 2.44. The number of anilines is 2. The molecule has 2 aromatic rings. The highest BCUT2D eigenvalue weighted by Gasteiger charge is 2.15. The monoisotopic (exact) mass is 263 g/mol.